The summed E-state index contributed by atoms with van der Waals surface area (Å²) in [6.07, 6.45) is 0.866. The molecule has 1 N–H and O–H groups in total. The Morgan fingerprint density at radius 1 is 0.947 bits per heavy atom. The highest BCUT2D eigenvalue weighted by molar-refractivity contribution is 5.83. The van der Waals surface area contributed by atoms with Crippen molar-refractivity contribution in [1.29, 1.82) is 0 Å². The Balaban J connectivity index is 1.59. The molecule has 0 unspecified atom stereocenters. The smallest absolute Gasteiger partial charge is 0.253 e. The van der Waals surface area contributed by atoms with E-state index in [4.69, 9.17) is 0 Å². The molecule has 0 aliphatic carbocycles. The first-order chi connectivity index (χ1) is 18.1. The molecule has 0 spiro atoms. The zero-order valence-corrected chi connectivity index (χ0v) is 23.7. The van der Waals surface area contributed by atoms with E-state index >= 15 is 0 Å². The van der Waals surface area contributed by atoms with Gasteiger partial charge in [-0.2, -0.15) is 0 Å². The van der Waals surface area contributed by atoms with Gasteiger partial charge in [-0.05, 0) is 98.8 Å². The van der Waals surface area contributed by atoms with Gasteiger partial charge in [0, 0.05) is 48.3 Å². The van der Waals surface area contributed by atoms with Crippen LogP contribution in [0.2, 0.25) is 0 Å². The van der Waals surface area contributed by atoms with Crippen LogP contribution in [0.1, 0.15) is 66.9 Å². The van der Waals surface area contributed by atoms with E-state index in [1.807, 2.05) is 10.7 Å². The van der Waals surface area contributed by atoms with Crippen molar-refractivity contribution in [3.8, 4) is 0 Å². The largest absolute Gasteiger partial charge is 0.369 e. The molecular formula is C30H39N7O. The second-order valence-corrected chi connectivity index (χ2v) is 11.4. The van der Waals surface area contributed by atoms with Crippen molar-refractivity contribution in [3.05, 3.63) is 80.4 Å². The molecule has 4 aromatic rings. The molecule has 200 valence electrons. The third-order valence-electron chi connectivity index (χ3n) is 8.20. The van der Waals surface area contributed by atoms with Gasteiger partial charge in [-0.1, -0.05) is 25.1 Å². The lowest BCUT2D eigenvalue weighted by molar-refractivity contribution is 0.186. The van der Waals surface area contributed by atoms with Crippen molar-refractivity contribution in [2.45, 2.75) is 66.5 Å². The number of aromatic nitrogens is 5. The number of hydrogen-bond acceptors (Lipinski definition) is 6. The molecular weight excluding hydrogens is 474 g/mol. The Hall–Kier alpha value is -3.52. The molecule has 3 heterocycles. The summed E-state index contributed by atoms with van der Waals surface area (Å²) < 4.78 is 1.92. The SMILES string of the molecule is CCC(C)(C)n1nnnc1[C@H](c1cc2c(C)cc(C)cc2[nH]c1=O)N1CCN(c2cc(C)ccc2C)CC1. The van der Waals surface area contributed by atoms with Crippen LogP contribution in [0.4, 0.5) is 5.69 Å². The minimum Gasteiger partial charge on any atom is -0.369 e. The van der Waals surface area contributed by atoms with Crippen molar-refractivity contribution in [1.82, 2.24) is 30.1 Å². The summed E-state index contributed by atoms with van der Waals surface area (Å²) in [6.45, 7) is 18.2. The summed E-state index contributed by atoms with van der Waals surface area (Å²) in [6, 6.07) is 12.5. The highest BCUT2D eigenvalue weighted by atomic mass is 16.1. The van der Waals surface area contributed by atoms with Gasteiger partial charge in [-0.15, -0.1) is 5.10 Å². The van der Waals surface area contributed by atoms with E-state index in [1.54, 1.807) is 0 Å². The number of hydrogen-bond donors (Lipinski definition) is 1. The number of pyridine rings is 1. The number of H-pyrrole nitrogens is 1. The van der Waals surface area contributed by atoms with Crippen LogP contribution in [0.3, 0.4) is 0 Å². The van der Waals surface area contributed by atoms with Gasteiger partial charge < -0.3 is 9.88 Å². The summed E-state index contributed by atoms with van der Waals surface area (Å²) in [5.74, 6) is 0.714. The second-order valence-electron chi connectivity index (χ2n) is 11.4. The average molecular weight is 514 g/mol. The van der Waals surface area contributed by atoms with Crippen LogP contribution in [0.5, 0.6) is 0 Å². The summed E-state index contributed by atoms with van der Waals surface area (Å²) in [5, 5.41) is 14.1. The quantitative estimate of drug-likeness (QED) is 0.399. The molecule has 2 aromatic carbocycles. The van der Waals surface area contributed by atoms with Crippen LogP contribution >= 0.6 is 0 Å². The van der Waals surface area contributed by atoms with E-state index in [2.05, 4.69) is 109 Å². The predicted molar refractivity (Wildman–Crippen MR) is 153 cm³/mol. The summed E-state index contributed by atoms with van der Waals surface area (Å²) in [4.78, 5) is 21.7. The number of aromatic amines is 1. The number of piperazine rings is 1. The highest BCUT2D eigenvalue weighted by Gasteiger charge is 2.36. The number of nitrogens with zero attached hydrogens (tertiary/aromatic N) is 6. The highest BCUT2D eigenvalue weighted by Crippen LogP contribution is 2.33. The zero-order chi connectivity index (χ0) is 27.2. The van der Waals surface area contributed by atoms with Gasteiger partial charge in [0.05, 0.1) is 5.54 Å². The zero-order valence-electron chi connectivity index (χ0n) is 23.7. The molecule has 1 fully saturated rings. The molecule has 1 saturated heterocycles. The number of nitrogens with one attached hydrogen (secondary N) is 1. The minimum atomic E-state index is -0.356. The minimum absolute atomic E-state index is 0.0895. The molecule has 38 heavy (non-hydrogen) atoms. The van der Waals surface area contributed by atoms with Crippen LogP contribution in [0.15, 0.2) is 41.2 Å². The number of rotatable bonds is 6. The van der Waals surface area contributed by atoms with Gasteiger partial charge in [-0.25, -0.2) is 4.68 Å². The van der Waals surface area contributed by atoms with E-state index in [0.29, 0.717) is 11.4 Å². The van der Waals surface area contributed by atoms with E-state index in [0.717, 1.165) is 54.6 Å². The Bertz CT molecular complexity index is 1530. The summed E-state index contributed by atoms with van der Waals surface area (Å²) in [7, 11) is 0. The maximum Gasteiger partial charge on any atom is 0.253 e. The third kappa shape index (κ3) is 4.73. The maximum atomic E-state index is 13.7. The maximum absolute atomic E-state index is 13.7. The summed E-state index contributed by atoms with van der Waals surface area (Å²) in [5.41, 5.74) is 7.28. The molecule has 8 nitrogen and oxygen atoms in total. The Morgan fingerprint density at radius 3 is 2.39 bits per heavy atom. The lowest BCUT2D eigenvalue weighted by atomic mass is 9.97. The Kier molecular flexibility index (Phi) is 6.86. The number of tetrazole rings is 1. The van der Waals surface area contributed by atoms with Gasteiger partial charge in [0.15, 0.2) is 5.82 Å². The average Bonchev–Trinajstić information content (AvgIpc) is 3.37. The number of anilines is 1. The molecule has 5 rings (SSSR count). The third-order valence-corrected chi connectivity index (χ3v) is 8.20. The van der Waals surface area contributed by atoms with Crippen LogP contribution in [-0.4, -0.2) is 56.3 Å². The van der Waals surface area contributed by atoms with Gasteiger partial charge in [0.25, 0.3) is 5.56 Å². The van der Waals surface area contributed by atoms with Crippen molar-refractivity contribution >= 4 is 16.6 Å². The molecule has 0 bridgehead atoms. The fourth-order valence-corrected chi connectivity index (χ4v) is 5.62. The van der Waals surface area contributed by atoms with Gasteiger partial charge >= 0.3 is 0 Å². The molecule has 1 aliphatic rings. The monoisotopic (exact) mass is 513 g/mol. The Labute approximate surface area is 224 Å². The molecule has 2 aromatic heterocycles. The van der Waals surface area contributed by atoms with Crippen molar-refractivity contribution < 1.29 is 0 Å². The molecule has 1 aliphatic heterocycles. The first-order valence-electron chi connectivity index (χ1n) is 13.6. The van der Waals surface area contributed by atoms with Crippen LogP contribution in [0, 0.1) is 27.7 Å². The topological polar surface area (TPSA) is 82.9 Å². The van der Waals surface area contributed by atoms with Gasteiger partial charge in [0.2, 0.25) is 0 Å². The van der Waals surface area contributed by atoms with Crippen molar-refractivity contribution in [2.75, 3.05) is 31.1 Å². The normalized spacial score (nSPS) is 15.8. The van der Waals surface area contributed by atoms with E-state index < -0.39 is 0 Å². The van der Waals surface area contributed by atoms with Crippen molar-refractivity contribution in [2.24, 2.45) is 0 Å². The second kappa shape index (κ2) is 9.98. The van der Waals surface area contributed by atoms with Crippen LogP contribution in [-0.2, 0) is 5.54 Å². The van der Waals surface area contributed by atoms with Gasteiger partial charge in [0.1, 0.15) is 6.04 Å². The molecule has 1 atom stereocenters. The number of fused-ring (bicyclic) bond motifs is 1. The number of aryl methyl sites for hydroxylation is 4. The first kappa shape index (κ1) is 26.1. The number of benzene rings is 2. The Morgan fingerprint density at radius 2 is 1.68 bits per heavy atom. The standard InChI is InChI=1S/C30H39N7O/c1-8-30(6,7)37-28(32-33-34-37)27(24-18-23-22(5)15-20(3)16-25(23)31-29(24)38)36-13-11-35(12-14-36)26-17-19(2)9-10-21(26)4/h9-10,15-18,27H,8,11-14H2,1-7H3,(H,31,38)/t27-/m0/s1. The van der Waals surface area contributed by atoms with Crippen LogP contribution < -0.4 is 10.5 Å². The fraction of sp³-hybridized carbons (Fsp3) is 0.467. The summed E-state index contributed by atoms with van der Waals surface area (Å²) >= 11 is 0. The van der Waals surface area contributed by atoms with E-state index in [9.17, 15) is 4.79 Å². The predicted octanol–water partition coefficient (Wildman–Crippen LogP) is 4.80. The van der Waals surface area contributed by atoms with E-state index in [-0.39, 0.29) is 17.1 Å². The van der Waals surface area contributed by atoms with Crippen molar-refractivity contribution in [3.63, 3.8) is 0 Å². The van der Waals surface area contributed by atoms with E-state index in [1.165, 1.54) is 16.8 Å². The molecule has 8 heteroatoms. The molecule has 0 radical (unpaired) electrons. The molecule has 0 amide bonds. The lowest BCUT2D eigenvalue weighted by Gasteiger charge is -2.40. The first-order valence-corrected chi connectivity index (χ1v) is 13.6. The van der Waals surface area contributed by atoms with Gasteiger partial charge in [-0.3, -0.25) is 9.69 Å². The lowest BCUT2D eigenvalue weighted by Crippen LogP contribution is -2.49. The molecule has 0 saturated carbocycles. The van der Waals surface area contributed by atoms with Crippen LogP contribution in [0.25, 0.3) is 10.9 Å². The fourth-order valence-electron chi connectivity index (χ4n) is 5.62.